The first-order valence-electron chi connectivity index (χ1n) is 9.19. The van der Waals surface area contributed by atoms with Crippen molar-refractivity contribution in [2.75, 3.05) is 13.7 Å². The second-order valence-corrected chi connectivity index (χ2v) is 7.10. The van der Waals surface area contributed by atoms with Gasteiger partial charge in [-0.2, -0.15) is 0 Å². The lowest BCUT2D eigenvalue weighted by atomic mass is 9.88. The molecular weight excluding hydrogens is 386 g/mol. The van der Waals surface area contributed by atoms with Gasteiger partial charge in [0.05, 0.1) is 25.9 Å². The van der Waals surface area contributed by atoms with Crippen molar-refractivity contribution in [1.82, 2.24) is 5.32 Å². The Morgan fingerprint density at radius 3 is 2.48 bits per heavy atom. The van der Waals surface area contributed by atoms with E-state index < -0.39 is 60.8 Å². The van der Waals surface area contributed by atoms with Gasteiger partial charge in [0.15, 0.2) is 6.29 Å². The van der Waals surface area contributed by atoms with E-state index in [9.17, 15) is 24.9 Å². The smallest absolute Gasteiger partial charge is 0.366 e. The van der Waals surface area contributed by atoms with Crippen molar-refractivity contribution in [2.45, 2.75) is 55.9 Å². The number of hydrogen-bond donors (Lipinski definition) is 4. The molecule has 29 heavy (non-hydrogen) atoms. The SMILES string of the molecule is COC(=O)[C@]1(O)C[C@H](O)[C@@H](NC(C)=O)[C@H]([C@@H]2O[C@H](c3ccccc3)OC[C@H]2O)O1. The Hall–Kier alpha value is -2.08. The Labute approximate surface area is 167 Å². The van der Waals surface area contributed by atoms with Crippen LogP contribution in [-0.4, -0.2) is 77.2 Å². The first kappa shape index (κ1) is 21.6. The summed E-state index contributed by atoms with van der Waals surface area (Å²) in [5.74, 6) is -4.03. The first-order valence-corrected chi connectivity index (χ1v) is 9.19. The third kappa shape index (κ3) is 4.58. The second-order valence-electron chi connectivity index (χ2n) is 7.10. The summed E-state index contributed by atoms with van der Waals surface area (Å²) in [7, 11) is 1.07. The molecule has 7 atom stereocenters. The molecule has 0 unspecified atom stereocenters. The quantitative estimate of drug-likeness (QED) is 0.458. The fourth-order valence-corrected chi connectivity index (χ4v) is 3.59. The summed E-state index contributed by atoms with van der Waals surface area (Å²) in [4.78, 5) is 23.7. The molecule has 2 aliphatic heterocycles. The highest BCUT2D eigenvalue weighted by molar-refractivity contribution is 5.78. The number of nitrogens with one attached hydrogen (secondary N) is 1. The van der Waals surface area contributed by atoms with Crippen LogP contribution in [-0.2, 0) is 28.5 Å². The zero-order valence-corrected chi connectivity index (χ0v) is 16.1. The number of ether oxygens (including phenoxy) is 4. The standard InChI is InChI=1S/C19H25NO9/c1-10(21)20-14-12(22)8-19(25,18(24)26-2)29-16(14)15-13(23)9-27-17(28-15)11-6-4-3-5-7-11/h3-7,12-17,22-23,25H,8-9H2,1-2H3,(H,20,21)/t12-,13+,14+,15+,16+,17+,19-/m0/s1. The number of aliphatic hydroxyl groups excluding tert-OH is 2. The van der Waals surface area contributed by atoms with Crippen molar-refractivity contribution in [2.24, 2.45) is 0 Å². The molecule has 10 nitrogen and oxygen atoms in total. The number of carbonyl (C=O) groups excluding carboxylic acids is 2. The molecule has 0 radical (unpaired) electrons. The Balaban J connectivity index is 1.90. The van der Waals surface area contributed by atoms with E-state index >= 15 is 0 Å². The van der Waals surface area contributed by atoms with Gasteiger partial charge < -0.3 is 39.6 Å². The number of carbonyl (C=O) groups is 2. The van der Waals surface area contributed by atoms with E-state index in [-0.39, 0.29) is 6.61 Å². The molecule has 0 aliphatic carbocycles. The van der Waals surface area contributed by atoms with Crippen LogP contribution in [0.3, 0.4) is 0 Å². The van der Waals surface area contributed by atoms with Gasteiger partial charge in [0, 0.05) is 18.9 Å². The monoisotopic (exact) mass is 411 g/mol. The van der Waals surface area contributed by atoms with Crippen molar-refractivity contribution in [3.63, 3.8) is 0 Å². The van der Waals surface area contributed by atoms with Gasteiger partial charge in [0.1, 0.15) is 18.3 Å². The van der Waals surface area contributed by atoms with Crippen LogP contribution >= 0.6 is 0 Å². The highest BCUT2D eigenvalue weighted by Crippen LogP contribution is 2.36. The number of hydrogen-bond acceptors (Lipinski definition) is 9. The Morgan fingerprint density at radius 2 is 1.86 bits per heavy atom. The zero-order chi connectivity index (χ0) is 21.2. The molecule has 2 fully saturated rings. The minimum atomic E-state index is -2.46. The van der Waals surface area contributed by atoms with Crippen molar-refractivity contribution < 1.29 is 43.9 Å². The third-order valence-electron chi connectivity index (χ3n) is 4.93. The molecular formula is C19H25NO9. The molecule has 0 saturated carbocycles. The second kappa shape index (κ2) is 8.74. The number of esters is 1. The van der Waals surface area contributed by atoms with Crippen LogP contribution in [0.4, 0.5) is 0 Å². The normalized spacial score (nSPS) is 37.6. The maximum absolute atomic E-state index is 12.0. The average molecular weight is 411 g/mol. The molecule has 1 aromatic carbocycles. The fourth-order valence-electron chi connectivity index (χ4n) is 3.59. The van der Waals surface area contributed by atoms with E-state index in [1.54, 1.807) is 24.3 Å². The number of amides is 1. The molecule has 2 saturated heterocycles. The summed E-state index contributed by atoms with van der Waals surface area (Å²) in [6.45, 7) is 1.13. The topological polar surface area (TPSA) is 144 Å². The van der Waals surface area contributed by atoms with Crippen LogP contribution in [0.25, 0.3) is 0 Å². The van der Waals surface area contributed by atoms with Gasteiger partial charge in [0.25, 0.3) is 5.79 Å². The van der Waals surface area contributed by atoms with Gasteiger partial charge in [-0.25, -0.2) is 4.79 Å². The van der Waals surface area contributed by atoms with E-state index in [1.165, 1.54) is 6.92 Å². The van der Waals surface area contributed by atoms with Crippen LogP contribution in [0.15, 0.2) is 30.3 Å². The zero-order valence-electron chi connectivity index (χ0n) is 16.1. The molecule has 1 amide bonds. The van der Waals surface area contributed by atoms with Crippen molar-refractivity contribution >= 4 is 11.9 Å². The Bertz CT molecular complexity index is 730. The predicted octanol–water partition coefficient (Wildman–Crippen LogP) is -1.02. The lowest BCUT2D eigenvalue weighted by molar-refractivity contribution is -0.333. The van der Waals surface area contributed by atoms with E-state index in [4.69, 9.17) is 14.2 Å². The van der Waals surface area contributed by atoms with Crippen molar-refractivity contribution in [3.05, 3.63) is 35.9 Å². The van der Waals surface area contributed by atoms with Crippen LogP contribution in [0.2, 0.25) is 0 Å². The summed E-state index contributed by atoms with van der Waals surface area (Å²) >= 11 is 0. The van der Waals surface area contributed by atoms with Gasteiger partial charge in [-0.3, -0.25) is 4.79 Å². The Morgan fingerprint density at radius 1 is 1.17 bits per heavy atom. The summed E-state index contributed by atoms with van der Waals surface area (Å²) in [5, 5.41) is 34.1. The molecule has 4 N–H and O–H groups in total. The van der Waals surface area contributed by atoms with E-state index in [0.29, 0.717) is 5.56 Å². The minimum absolute atomic E-state index is 0.121. The molecule has 10 heteroatoms. The molecule has 0 aromatic heterocycles. The van der Waals surface area contributed by atoms with Gasteiger partial charge in [0.2, 0.25) is 5.91 Å². The maximum atomic E-state index is 12.0. The third-order valence-corrected chi connectivity index (χ3v) is 4.93. The molecule has 2 aliphatic rings. The lowest BCUT2D eigenvalue weighted by Crippen LogP contribution is -2.68. The van der Waals surface area contributed by atoms with Crippen LogP contribution in [0, 0.1) is 0 Å². The average Bonchev–Trinajstić information content (AvgIpc) is 2.70. The van der Waals surface area contributed by atoms with Gasteiger partial charge >= 0.3 is 5.97 Å². The minimum Gasteiger partial charge on any atom is -0.465 e. The number of benzene rings is 1. The summed E-state index contributed by atoms with van der Waals surface area (Å²) < 4.78 is 21.5. The van der Waals surface area contributed by atoms with Gasteiger partial charge in [-0.1, -0.05) is 30.3 Å². The Kier molecular flexibility index (Phi) is 6.52. The van der Waals surface area contributed by atoms with Gasteiger partial charge in [-0.15, -0.1) is 0 Å². The lowest BCUT2D eigenvalue weighted by Gasteiger charge is -2.48. The van der Waals surface area contributed by atoms with Crippen LogP contribution < -0.4 is 5.32 Å². The van der Waals surface area contributed by atoms with E-state index in [0.717, 1.165) is 7.11 Å². The van der Waals surface area contributed by atoms with Crippen LogP contribution in [0.5, 0.6) is 0 Å². The van der Waals surface area contributed by atoms with Gasteiger partial charge in [-0.05, 0) is 0 Å². The molecule has 2 heterocycles. The summed E-state index contributed by atoms with van der Waals surface area (Å²) in [5.41, 5.74) is 0.681. The number of methoxy groups -OCH3 is 1. The molecule has 0 spiro atoms. The molecule has 0 bridgehead atoms. The maximum Gasteiger partial charge on any atom is 0.366 e. The van der Waals surface area contributed by atoms with Crippen molar-refractivity contribution in [1.29, 1.82) is 0 Å². The predicted molar refractivity (Wildman–Crippen MR) is 96.1 cm³/mol. The molecule has 160 valence electrons. The first-order chi connectivity index (χ1) is 13.7. The number of aliphatic hydroxyl groups is 3. The summed E-state index contributed by atoms with van der Waals surface area (Å²) in [6, 6.07) is 7.89. The fraction of sp³-hybridized carbons (Fsp3) is 0.579. The highest BCUT2D eigenvalue weighted by Gasteiger charge is 2.56. The number of rotatable bonds is 4. The van der Waals surface area contributed by atoms with Crippen molar-refractivity contribution in [3.8, 4) is 0 Å². The largest absolute Gasteiger partial charge is 0.465 e. The molecule has 3 rings (SSSR count). The highest BCUT2D eigenvalue weighted by atomic mass is 16.7. The summed E-state index contributed by atoms with van der Waals surface area (Å²) in [6.07, 6.45) is -6.34. The molecule has 1 aromatic rings. The van der Waals surface area contributed by atoms with Crippen LogP contribution in [0.1, 0.15) is 25.2 Å². The van der Waals surface area contributed by atoms with E-state index in [2.05, 4.69) is 10.1 Å². The van der Waals surface area contributed by atoms with E-state index in [1.807, 2.05) is 6.07 Å².